The lowest BCUT2D eigenvalue weighted by Crippen LogP contribution is -2.57. The van der Waals surface area contributed by atoms with Crippen molar-refractivity contribution >= 4 is 34.2 Å². The smallest absolute Gasteiger partial charge is 0.253 e. The molecule has 8 nitrogen and oxygen atoms in total. The Hall–Kier alpha value is -5.05. The third kappa shape index (κ3) is 5.58. The minimum Gasteiger partial charge on any atom is -0.394 e. The van der Waals surface area contributed by atoms with Crippen LogP contribution >= 0.6 is 0 Å². The van der Waals surface area contributed by atoms with Crippen LogP contribution in [0.15, 0.2) is 128 Å². The predicted molar refractivity (Wildman–Crippen MR) is 198 cm³/mol. The second-order valence-corrected chi connectivity index (χ2v) is 14.3. The van der Waals surface area contributed by atoms with Crippen LogP contribution in [0.1, 0.15) is 37.4 Å². The van der Waals surface area contributed by atoms with Gasteiger partial charge in [0.2, 0.25) is 11.8 Å². The molecule has 0 aromatic heterocycles. The maximum Gasteiger partial charge on any atom is 0.253 e. The first-order chi connectivity index (χ1) is 24.7. The molecule has 8 heteroatoms. The number of hydrogen-bond donors (Lipinski definition) is 1. The van der Waals surface area contributed by atoms with Crippen LogP contribution in [0.2, 0.25) is 0 Å². The number of likely N-dealkylation sites (tertiary alicyclic amines) is 1. The third-order valence-electron chi connectivity index (χ3n) is 11.4. The van der Waals surface area contributed by atoms with Crippen molar-refractivity contribution in [2.45, 2.75) is 50.1 Å². The zero-order chi connectivity index (χ0) is 35.9. The van der Waals surface area contributed by atoms with E-state index in [0.29, 0.717) is 24.2 Å². The molecule has 3 aliphatic heterocycles. The van der Waals surface area contributed by atoms with Gasteiger partial charge in [-0.3, -0.25) is 14.4 Å². The predicted octanol–water partition coefficient (Wildman–Crippen LogP) is 6.32. The number of benzene rings is 4. The molecule has 3 amide bonds. The zero-order valence-electron chi connectivity index (χ0n) is 29.2. The fourth-order valence-corrected chi connectivity index (χ4v) is 9.03. The molecule has 3 saturated heterocycles. The molecule has 3 heterocycles. The summed E-state index contributed by atoms with van der Waals surface area (Å²) in [6.07, 6.45) is 3.77. The summed E-state index contributed by atoms with van der Waals surface area (Å²) in [7, 11) is 0. The number of carbonyl (C=O) groups is 3. The van der Waals surface area contributed by atoms with Gasteiger partial charge >= 0.3 is 0 Å². The molecule has 7 rings (SSSR count). The monoisotopic (exact) mass is 683 g/mol. The highest BCUT2D eigenvalue weighted by molar-refractivity contribution is 6.06. The van der Waals surface area contributed by atoms with E-state index in [1.165, 1.54) is 4.90 Å². The average Bonchev–Trinajstić information content (AvgIpc) is 3.67. The van der Waals surface area contributed by atoms with Crippen molar-refractivity contribution in [3.05, 3.63) is 140 Å². The van der Waals surface area contributed by atoms with E-state index in [9.17, 15) is 9.90 Å². The minimum atomic E-state index is -1.31. The van der Waals surface area contributed by atoms with E-state index in [2.05, 4.69) is 13.2 Å². The Labute approximate surface area is 299 Å². The Morgan fingerprint density at radius 1 is 0.922 bits per heavy atom. The Balaban J connectivity index is 1.37. The average molecular weight is 684 g/mol. The van der Waals surface area contributed by atoms with E-state index in [1.807, 2.05) is 117 Å². The molecule has 4 aromatic carbocycles. The first kappa shape index (κ1) is 34.4. The van der Waals surface area contributed by atoms with Gasteiger partial charge in [0.15, 0.2) is 0 Å². The number of aliphatic hydroxyl groups is 1. The molecule has 3 fully saturated rings. The van der Waals surface area contributed by atoms with Crippen molar-refractivity contribution in [2.75, 3.05) is 24.6 Å². The van der Waals surface area contributed by atoms with Gasteiger partial charge in [-0.25, -0.2) is 0 Å². The number of carbonyl (C=O) groups excluding carboxylic acids is 3. The van der Waals surface area contributed by atoms with Gasteiger partial charge in [0.05, 0.1) is 30.1 Å². The third-order valence-corrected chi connectivity index (χ3v) is 11.4. The maximum absolute atomic E-state index is 15.4. The van der Waals surface area contributed by atoms with Crippen molar-refractivity contribution in [1.29, 1.82) is 0 Å². The van der Waals surface area contributed by atoms with Crippen LogP contribution in [0.25, 0.3) is 10.8 Å². The molecule has 0 radical (unpaired) electrons. The number of amides is 3. The van der Waals surface area contributed by atoms with Gasteiger partial charge in [0.25, 0.3) is 5.91 Å². The van der Waals surface area contributed by atoms with Crippen molar-refractivity contribution < 1.29 is 24.2 Å². The molecule has 0 saturated carbocycles. The zero-order valence-corrected chi connectivity index (χ0v) is 29.2. The molecule has 7 atom stereocenters. The number of fused-ring (bicyclic) bond motifs is 2. The number of hydrogen-bond acceptors (Lipinski definition) is 5. The number of anilines is 1. The van der Waals surface area contributed by atoms with E-state index in [1.54, 1.807) is 22.0 Å². The molecule has 3 unspecified atom stereocenters. The van der Waals surface area contributed by atoms with E-state index >= 15 is 9.59 Å². The maximum atomic E-state index is 15.4. The highest BCUT2D eigenvalue weighted by Crippen LogP contribution is 2.66. The van der Waals surface area contributed by atoms with Crippen LogP contribution in [0.3, 0.4) is 0 Å². The van der Waals surface area contributed by atoms with E-state index in [4.69, 9.17) is 4.74 Å². The van der Waals surface area contributed by atoms with Crippen molar-refractivity contribution in [3.63, 3.8) is 0 Å². The van der Waals surface area contributed by atoms with E-state index in [0.717, 1.165) is 16.3 Å². The molecule has 2 bridgehead atoms. The molecule has 0 aliphatic carbocycles. The SMILES string of the molecule is C=CCN(Cc1ccccc1)C(=O)[C@@H]1[C@H]2C(=O)N([C@H](CO)c3ccccc3)C(C(=O)N(CC=C)c3ccc4ccccc4c3)C23CC(C)[C@@]1(C)O3. The van der Waals surface area contributed by atoms with Crippen LogP contribution in [-0.2, 0) is 25.7 Å². The highest BCUT2D eigenvalue weighted by atomic mass is 16.5. The molecule has 1 spiro atoms. The summed E-state index contributed by atoms with van der Waals surface area (Å²) in [5.74, 6) is -2.86. The second-order valence-electron chi connectivity index (χ2n) is 14.3. The molecule has 262 valence electrons. The fraction of sp³-hybridized carbons (Fsp3) is 0.326. The largest absolute Gasteiger partial charge is 0.394 e. The van der Waals surface area contributed by atoms with E-state index < -0.39 is 41.7 Å². The summed E-state index contributed by atoms with van der Waals surface area (Å²) >= 11 is 0. The van der Waals surface area contributed by atoms with Crippen LogP contribution in [0, 0.1) is 17.8 Å². The number of rotatable bonds is 12. The Morgan fingerprint density at radius 2 is 1.57 bits per heavy atom. The molecule has 51 heavy (non-hydrogen) atoms. The molecule has 1 N–H and O–H groups in total. The second kappa shape index (κ2) is 13.6. The quantitative estimate of drug-likeness (QED) is 0.177. The summed E-state index contributed by atoms with van der Waals surface area (Å²) < 4.78 is 7.10. The molecule has 3 aliphatic rings. The minimum absolute atomic E-state index is 0.147. The van der Waals surface area contributed by atoms with Gasteiger partial charge in [0, 0.05) is 25.3 Å². The number of ether oxygens (including phenoxy) is 1. The molecule has 4 aromatic rings. The number of aliphatic hydroxyl groups excluding tert-OH is 1. The van der Waals surface area contributed by atoms with Crippen molar-refractivity contribution in [3.8, 4) is 0 Å². The Bertz CT molecular complexity index is 1970. The topological polar surface area (TPSA) is 90.4 Å². The van der Waals surface area contributed by atoms with E-state index in [-0.39, 0.29) is 36.7 Å². The van der Waals surface area contributed by atoms with Crippen molar-refractivity contribution in [2.24, 2.45) is 17.8 Å². The molecular formula is C43H45N3O5. The highest BCUT2D eigenvalue weighted by Gasteiger charge is 2.80. The summed E-state index contributed by atoms with van der Waals surface area (Å²) in [5, 5.41) is 13.0. The van der Waals surface area contributed by atoms with Crippen LogP contribution in [0.5, 0.6) is 0 Å². The summed E-state index contributed by atoms with van der Waals surface area (Å²) in [5.41, 5.74) is -0.0143. The van der Waals surface area contributed by atoms with Gasteiger partial charge in [0.1, 0.15) is 11.6 Å². The summed E-state index contributed by atoms with van der Waals surface area (Å²) in [4.78, 5) is 50.4. The Morgan fingerprint density at radius 3 is 2.24 bits per heavy atom. The van der Waals surface area contributed by atoms with Crippen molar-refractivity contribution in [1.82, 2.24) is 9.80 Å². The van der Waals surface area contributed by atoms with Gasteiger partial charge in [-0.05, 0) is 53.3 Å². The summed E-state index contributed by atoms with van der Waals surface area (Å²) in [6, 6.07) is 30.8. The van der Waals surface area contributed by atoms with Crippen LogP contribution in [0.4, 0.5) is 5.69 Å². The van der Waals surface area contributed by atoms with Gasteiger partial charge < -0.3 is 24.5 Å². The fourth-order valence-electron chi connectivity index (χ4n) is 9.03. The van der Waals surface area contributed by atoms with Gasteiger partial charge in [-0.1, -0.05) is 110 Å². The first-order valence-corrected chi connectivity index (χ1v) is 17.7. The lowest BCUT2D eigenvalue weighted by molar-refractivity contribution is -0.154. The normalized spacial score (nSPS) is 26.9. The number of nitrogens with zero attached hydrogens (tertiary/aromatic N) is 3. The lowest BCUT2D eigenvalue weighted by atomic mass is 9.62. The Kier molecular flexibility index (Phi) is 9.16. The summed E-state index contributed by atoms with van der Waals surface area (Å²) in [6.45, 7) is 12.3. The standard InChI is InChI=1S/C43H45N3O5/c1-5-23-44(27-30-15-9-7-10-16-30)39(48)36-37-40(49)46(35(28-47)32-18-11-8-12-19-32)38(43(37)26-29(3)42(36,4)51-43)41(50)45(24-6-2)34-22-21-31-17-13-14-20-33(31)25-34/h5-22,25,29,35-38,47H,1-2,23-24,26-28H2,3-4H3/t29?,35-,36+,37+,38?,42-,43?/m1/s1. The van der Waals surface area contributed by atoms with Gasteiger partial charge in [-0.15, -0.1) is 13.2 Å². The molecular weight excluding hydrogens is 638 g/mol. The van der Waals surface area contributed by atoms with Gasteiger partial charge in [-0.2, -0.15) is 0 Å². The van der Waals surface area contributed by atoms with Crippen LogP contribution in [-0.4, -0.2) is 69.6 Å². The van der Waals surface area contributed by atoms with Crippen LogP contribution < -0.4 is 4.90 Å². The lowest BCUT2D eigenvalue weighted by Gasteiger charge is -2.39. The first-order valence-electron chi connectivity index (χ1n) is 17.7.